The average molecular weight is 596 g/mol. The normalized spacial score (nSPS) is 41.0. The van der Waals surface area contributed by atoms with Crippen molar-refractivity contribution >= 4 is 23.2 Å². The van der Waals surface area contributed by atoms with Crippen LogP contribution in [0.1, 0.15) is 72.6 Å². The van der Waals surface area contributed by atoms with Crippen LogP contribution in [-0.2, 0) is 23.9 Å². The summed E-state index contributed by atoms with van der Waals surface area (Å²) in [5.41, 5.74) is -4.07. The van der Waals surface area contributed by atoms with E-state index in [1.54, 1.807) is 44.2 Å². The Morgan fingerprint density at radius 2 is 1.91 bits per heavy atom. The topological polar surface area (TPSA) is 111 Å². The average Bonchev–Trinajstić information content (AvgIpc) is 3.46. The van der Waals surface area contributed by atoms with Crippen LogP contribution >= 0.6 is 0 Å². The number of aliphatic hydroxyl groups is 1. The van der Waals surface area contributed by atoms with E-state index in [1.165, 1.54) is 12.2 Å². The van der Waals surface area contributed by atoms with Crippen LogP contribution in [0.25, 0.3) is 0 Å². The summed E-state index contributed by atoms with van der Waals surface area (Å²) in [6.45, 7) is 7.25. The van der Waals surface area contributed by atoms with E-state index >= 15 is 4.39 Å². The van der Waals surface area contributed by atoms with Crippen molar-refractivity contribution in [1.82, 2.24) is 0 Å². The number of amides is 1. The molecule has 2 N–H and O–H groups in total. The fraction of sp³-hybridized carbons (Fsp3) is 0.618. The minimum atomic E-state index is -2.00. The molecule has 1 aromatic carbocycles. The first-order valence-electron chi connectivity index (χ1n) is 15.6. The maximum absolute atomic E-state index is 17.6. The summed E-state index contributed by atoms with van der Waals surface area (Å²) in [5, 5.41) is 14.5. The van der Waals surface area contributed by atoms with Gasteiger partial charge in [-0.05, 0) is 81.4 Å². The summed E-state index contributed by atoms with van der Waals surface area (Å²) in [6, 6.07) is 6.81. The number of ketones is 2. The third-order valence-corrected chi connectivity index (χ3v) is 11.2. The number of carbonyl (C=O) groups excluding carboxylic acids is 3. The van der Waals surface area contributed by atoms with E-state index in [0.29, 0.717) is 43.5 Å². The fourth-order valence-electron chi connectivity index (χ4n) is 9.03. The molecule has 6 rings (SSSR count). The van der Waals surface area contributed by atoms with Crippen LogP contribution < -0.4 is 10.1 Å². The van der Waals surface area contributed by atoms with E-state index in [0.717, 1.165) is 12.0 Å². The number of halogens is 1. The Kier molecular flexibility index (Phi) is 7.46. The zero-order valence-electron chi connectivity index (χ0n) is 25.4. The number of hydrogen-bond acceptors (Lipinski definition) is 7. The van der Waals surface area contributed by atoms with Gasteiger partial charge in [0.1, 0.15) is 12.4 Å². The van der Waals surface area contributed by atoms with E-state index in [4.69, 9.17) is 14.2 Å². The van der Waals surface area contributed by atoms with Gasteiger partial charge in [-0.3, -0.25) is 14.4 Å². The first kappa shape index (κ1) is 30.2. The molecule has 1 saturated heterocycles. The van der Waals surface area contributed by atoms with Crippen molar-refractivity contribution in [3.05, 3.63) is 48.1 Å². The van der Waals surface area contributed by atoms with Crippen LogP contribution in [0.15, 0.2) is 48.1 Å². The third kappa shape index (κ3) is 4.29. The molecule has 8 nitrogen and oxygen atoms in total. The molecule has 1 amide bonds. The van der Waals surface area contributed by atoms with Gasteiger partial charge < -0.3 is 24.6 Å². The number of nitrogens with one attached hydrogen (secondary N) is 1. The van der Waals surface area contributed by atoms with Crippen molar-refractivity contribution in [3.8, 4) is 5.75 Å². The van der Waals surface area contributed by atoms with Crippen LogP contribution in [0.4, 0.5) is 10.1 Å². The van der Waals surface area contributed by atoms with Crippen molar-refractivity contribution in [2.45, 2.75) is 102 Å². The second kappa shape index (κ2) is 10.6. The third-order valence-electron chi connectivity index (χ3n) is 11.2. The molecular formula is C34H42FNO7. The summed E-state index contributed by atoms with van der Waals surface area (Å²) in [5.74, 6) is -0.924. The lowest BCUT2D eigenvalue weighted by molar-refractivity contribution is -0.230. The van der Waals surface area contributed by atoms with Gasteiger partial charge in [0, 0.05) is 28.9 Å². The molecule has 0 bridgehead atoms. The Morgan fingerprint density at radius 3 is 2.60 bits per heavy atom. The summed E-state index contributed by atoms with van der Waals surface area (Å²) in [6.07, 6.45) is 5.27. The molecule has 1 unspecified atom stereocenters. The number of hydrogen-bond donors (Lipinski definition) is 2. The minimum absolute atomic E-state index is 0.0194. The van der Waals surface area contributed by atoms with Gasteiger partial charge in [-0.2, -0.15) is 0 Å². The van der Waals surface area contributed by atoms with Crippen LogP contribution in [-0.4, -0.2) is 59.0 Å². The Hall–Kier alpha value is -2.88. The van der Waals surface area contributed by atoms with Crippen LogP contribution in [0.2, 0.25) is 0 Å². The van der Waals surface area contributed by atoms with E-state index in [-0.39, 0.29) is 36.4 Å². The maximum Gasteiger partial charge on any atom is 0.224 e. The zero-order valence-corrected chi connectivity index (χ0v) is 25.4. The number of rotatable bonds is 8. The van der Waals surface area contributed by atoms with Crippen molar-refractivity contribution in [2.24, 2.45) is 22.7 Å². The van der Waals surface area contributed by atoms with Gasteiger partial charge in [0.15, 0.2) is 23.3 Å². The first-order valence-corrected chi connectivity index (χ1v) is 15.6. The van der Waals surface area contributed by atoms with E-state index in [9.17, 15) is 19.5 Å². The van der Waals surface area contributed by atoms with Gasteiger partial charge in [-0.25, -0.2) is 4.39 Å². The Balaban J connectivity index is 1.30. The van der Waals surface area contributed by atoms with Gasteiger partial charge in [0.2, 0.25) is 11.7 Å². The van der Waals surface area contributed by atoms with Crippen LogP contribution in [0.5, 0.6) is 5.75 Å². The predicted molar refractivity (Wildman–Crippen MR) is 157 cm³/mol. The number of ether oxygens (including phenoxy) is 3. The molecule has 3 saturated carbocycles. The van der Waals surface area contributed by atoms with Crippen molar-refractivity contribution in [2.75, 3.05) is 11.9 Å². The highest BCUT2D eigenvalue weighted by Crippen LogP contribution is 2.71. The highest BCUT2D eigenvalue weighted by atomic mass is 19.1. The molecule has 0 radical (unpaired) electrons. The lowest BCUT2D eigenvalue weighted by atomic mass is 9.44. The molecule has 43 heavy (non-hydrogen) atoms. The Labute approximate surface area is 252 Å². The SMILES string of the molecule is CCCC1O[C@@H]2C[C@H]3[C@@H]4CCC5=CC(=O)C=C[C@]5(C)[C@@]4(F)[C@@H](O)C[C@]3(C)[C@]2(C(=O)COc2ccc(NC(=O)CC)cc2)O1. The van der Waals surface area contributed by atoms with E-state index in [1.807, 2.05) is 13.8 Å². The van der Waals surface area contributed by atoms with Crippen molar-refractivity contribution < 1.29 is 38.1 Å². The predicted octanol–water partition coefficient (Wildman–Crippen LogP) is 5.24. The molecule has 9 heteroatoms. The zero-order chi connectivity index (χ0) is 30.8. The molecular weight excluding hydrogens is 553 g/mol. The quantitative estimate of drug-likeness (QED) is 0.423. The highest BCUT2D eigenvalue weighted by molar-refractivity contribution is 6.01. The molecule has 9 atom stereocenters. The van der Waals surface area contributed by atoms with E-state index < -0.39 is 46.5 Å². The Bertz CT molecular complexity index is 1370. The number of alkyl halides is 1. The molecule has 0 aromatic heterocycles. The molecule has 4 fully saturated rings. The summed E-state index contributed by atoms with van der Waals surface area (Å²) in [7, 11) is 0. The standard InChI is InChI=1S/C34H42FNO7/c1-5-7-30-42-28-17-25-24-13-8-20-16-22(37)14-15-31(20,3)33(24,35)26(38)18-32(25,4)34(28,43-30)27(39)19-41-23-11-9-21(10-12-23)36-29(40)6-2/h9-12,14-16,24-26,28,30,38H,5-8,13,17-19H2,1-4H3,(H,36,40)/t24-,25-,26-,28+,30?,31-,32-,33-,34+/m0/s1. The van der Waals surface area contributed by atoms with Crippen LogP contribution in [0.3, 0.4) is 0 Å². The first-order chi connectivity index (χ1) is 20.4. The molecule has 1 aromatic rings. The van der Waals surface area contributed by atoms with Gasteiger partial charge in [-0.15, -0.1) is 0 Å². The molecule has 5 aliphatic rings. The largest absolute Gasteiger partial charge is 0.486 e. The number of anilines is 1. The lowest BCUT2D eigenvalue weighted by Gasteiger charge is -2.62. The van der Waals surface area contributed by atoms with E-state index in [2.05, 4.69) is 5.32 Å². The number of allylic oxidation sites excluding steroid dienone is 4. The van der Waals surface area contributed by atoms with Crippen LogP contribution in [0, 0.1) is 22.7 Å². The highest BCUT2D eigenvalue weighted by Gasteiger charge is 2.79. The lowest BCUT2D eigenvalue weighted by Crippen LogP contribution is -2.69. The van der Waals surface area contributed by atoms with Gasteiger partial charge >= 0.3 is 0 Å². The number of fused-ring (bicyclic) bond motifs is 7. The minimum Gasteiger partial charge on any atom is -0.486 e. The number of aliphatic hydroxyl groups excluding tert-OH is 1. The second-order valence-corrected chi connectivity index (χ2v) is 13.3. The second-order valence-electron chi connectivity index (χ2n) is 13.3. The molecule has 1 aliphatic heterocycles. The number of Topliss-reactive ketones (excluding diaryl/α,β-unsaturated/α-hetero) is 1. The van der Waals surface area contributed by atoms with Gasteiger partial charge in [0.25, 0.3) is 0 Å². The Morgan fingerprint density at radius 1 is 1.16 bits per heavy atom. The van der Waals surface area contributed by atoms with Crippen molar-refractivity contribution in [3.63, 3.8) is 0 Å². The van der Waals surface area contributed by atoms with Crippen molar-refractivity contribution in [1.29, 1.82) is 0 Å². The number of benzene rings is 1. The summed E-state index contributed by atoms with van der Waals surface area (Å²) < 4.78 is 36.6. The van der Waals surface area contributed by atoms with Gasteiger partial charge in [0.05, 0.1) is 12.2 Å². The molecule has 0 spiro atoms. The molecule has 232 valence electrons. The monoisotopic (exact) mass is 595 g/mol. The smallest absolute Gasteiger partial charge is 0.224 e. The molecule has 1 heterocycles. The summed E-state index contributed by atoms with van der Waals surface area (Å²) in [4.78, 5) is 38.2. The maximum atomic E-state index is 17.6. The molecule has 4 aliphatic carbocycles. The number of carbonyl (C=O) groups is 3. The summed E-state index contributed by atoms with van der Waals surface area (Å²) >= 11 is 0. The van der Waals surface area contributed by atoms with Gasteiger partial charge in [-0.1, -0.05) is 38.8 Å². The fourth-order valence-corrected chi connectivity index (χ4v) is 9.03.